The first-order valence-corrected chi connectivity index (χ1v) is 5.98. The summed E-state index contributed by atoms with van der Waals surface area (Å²) in [7, 11) is 4.21. The van der Waals surface area contributed by atoms with E-state index < -0.39 is 0 Å². The minimum absolute atomic E-state index is 0.447. The van der Waals surface area contributed by atoms with E-state index in [-0.39, 0.29) is 0 Å². The van der Waals surface area contributed by atoms with Crippen molar-refractivity contribution in [3.63, 3.8) is 0 Å². The van der Waals surface area contributed by atoms with Gasteiger partial charge in [0.2, 0.25) is 0 Å². The van der Waals surface area contributed by atoms with Gasteiger partial charge in [0.15, 0.2) is 0 Å². The van der Waals surface area contributed by atoms with E-state index in [1.807, 2.05) is 10.9 Å². The summed E-state index contributed by atoms with van der Waals surface area (Å²) in [4.78, 5) is 2.21. The van der Waals surface area contributed by atoms with E-state index in [1.165, 1.54) is 12.0 Å². The van der Waals surface area contributed by atoms with Crippen LogP contribution in [0.5, 0.6) is 0 Å². The number of hydrogen-bond acceptors (Lipinski definition) is 3. The molecule has 0 amide bonds. The molecule has 1 heterocycles. The van der Waals surface area contributed by atoms with E-state index in [9.17, 15) is 0 Å². The standard InChI is InChI=1S/C12H24N4/c1-11(2)16-10-12(9-14-16)8-13-6-5-7-15(3)4/h9-11,13H,5-8H2,1-4H3. The molecule has 0 aliphatic heterocycles. The molecule has 4 heteroatoms. The zero-order chi connectivity index (χ0) is 12.0. The molecule has 16 heavy (non-hydrogen) atoms. The van der Waals surface area contributed by atoms with Crippen molar-refractivity contribution in [3.8, 4) is 0 Å². The van der Waals surface area contributed by atoms with Crippen molar-refractivity contribution in [1.29, 1.82) is 0 Å². The number of nitrogens with zero attached hydrogens (tertiary/aromatic N) is 3. The third kappa shape index (κ3) is 4.77. The van der Waals surface area contributed by atoms with E-state index in [1.54, 1.807) is 0 Å². The quantitative estimate of drug-likeness (QED) is 0.713. The van der Waals surface area contributed by atoms with E-state index in [0.29, 0.717) is 6.04 Å². The Labute approximate surface area is 98.6 Å². The van der Waals surface area contributed by atoms with Crippen LogP contribution in [-0.4, -0.2) is 41.9 Å². The maximum atomic E-state index is 4.31. The van der Waals surface area contributed by atoms with Crippen LogP contribution in [0.3, 0.4) is 0 Å². The molecule has 0 radical (unpaired) electrons. The molecule has 0 unspecified atom stereocenters. The number of hydrogen-bond donors (Lipinski definition) is 1. The maximum absolute atomic E-state index is 4.31. The van der Waals surface area contributed by atoms with Gasteiger partial charge in [-0.15, -0.1) is 0 Å². The van der Waals surface area contributed by atoms with Crippen LogP contribution in [0.25, 0.3) is 0 Å². The molecular weight excluding hydrogens is 200 g/mol. The molecule has 0 aromatic carbocycles. The summed E-state index contributed by atoms with van der Waals surface area (Å²) in [6, 6.07) is 0.447. The molecule has 92 valence electrons. The van der Waals surface area contributed by atoms with Gasteiger partial charge in [-0.1, -0.05) is 0 Å². The van der Waals surface area contributed by atoms with Crippen molar-refractivity contribution in [2.24, 2.45) is 0 Å². The van der Waals surface area contributed by atoms with Gasteiger partial charge in [-0.05, 0) is 47.5 Å². The average Bonchev–Trinajstić information content (AvgIpc) is 2.65. The van der Waals surface area contributed by atoms with Crippen LogP contribution in [0.2, 0.25) is 0 Å². The molecule has 1 aromatic rings. The van der Waals surface area contributed by atoms with Gasteiger partial charge in [-0.2, -0.15) is 5.10 Å². The van der Waals surface area contributed by atoms with Crippen molar-refractivity contribution in [2.75, 3.05) is 27.2 Å². The van der Waals surface area contributed by atoms with E-state index in [0.717, 1.165) is 19.6 Å². The lowest BCUT2D eigenvalue weighted by molar-refractivity contribution is 0.394. The highest BCUT2D eigenvalue weighted by Gasteiger charge is 2.00. The van der Waals surface area contributed by atoms with Crippen molar-refractivity contribution in [2.45, 2.75) is 32.9 Å². The zero-order valence-corrected chi connectivity index (χ0v) is 10.9. The Morgan fingerprint density at radius 2 is 2.19 bits per heavy atom. The predicted octanol–water partition coefficient (Wildman–Crippen LogP) is 1.51. The minimum Gasteiger partial charge on any atom is -0.313 e. The summed E-state index contributed by atoms with van der Waals surface area (Å²) in [6.07, 6.45) is 5.24. The van der Waals surface area contributed by atoms with Gasteiger partial charge < -0.3 is 10.2 Å². The van der Waals surface area contributed by atoms with Gasteiger partial charge in [0.05, 0.1) is 6.20 Å². The van der Waals surface area contributed by atoms with Crippen LogP contribution in [0.15, 0.2) is 12.4 Å². The topological polar surface area (TPSA) is 33.1 Å². The minimum atomic E-state index is 0.447. The second kappa shape index (κ2) is 6.66. The fourth-order valence-corrected chi connectivity index (χ4v) is 1.50. The predicted molar refractivity (Wildman–Crippen MR) is 67.5 cm³/mol. The molecule has 0 fully saturated rings. The lowest BCUT2D eigenvalue weighted by Gasteiger charge is -2.09. The van der Waals surface area contributed by atoms with E-state index >= 15 is 0 Å². The molecular formula is C12H24N4. The van der Waals surface area contributed by atoms with E-state index in [4.69, 9.17) is 0 Å². The highest BCUT2D eigenvalue weighted by Crippen LogP contribution is 2.04. The molecule has 1 N–H and O–H groups in total. The van der Waals surface area contributed by atoms with Crippen LogP contribution in [0.1, 0.15) is 31.9 Å². The van der Waals surface area contributed by atoms with Gasteiger partial charge in [0.25, 0.3) is 0 Å². The number of aromatic nitrogens is 2. The van der Waals surface area contributed by atoms with Gasteiger partial charge in [0, 0.05) is 24.3 Å². The Hall–Kier alpha value is -0.870. The van der Waals surface area contributed by atoms with Crippen molar-refractivity contribution < 1.29 is 0 Å². The van der Waals surface area contributed by atoms with Crippen molar-refractivity contribution >= 4 is 0 Å². The summed E-state index contributed by atoms with van der Waals surface area (Å²) in [5.41, 5.74) is 1.26. The lowest BCUT2D eigenvalue weighted by Crippen LogP contribution is -2.20. The molecule has 1 aromatic heterocycles. The Balaban J connectivity index is 2.17. The molecule has 0 saturated heterocycles. The van der Waals surface area contributed by atoms with Crippen LogP contribution >= 0.6 is 0 Å². The molecule has 0 spiro atoms. The number of rotatable bonds is 7. The second-order valence-corrected chi connectivity index (χ2v) is 4.76. The average molecular weight is 224 g/mol. The van der Waals surface area contributed by atoms with Gasteiger partial charge in [-0.25, -0.2) is 0 Å². The van der Waals surface area contributed by atoms with E-state index in [2.05, 4.69) is 49.5 Å². The molecule has 1 rings (SSSR count). The third-order valence-corrected chi connectivity index (χ3v) is 2.47. The Kier molecular flexibility index (Phi) is 5.49. The Bertz CT molecular complexity index is 291. The molecule has 0 aliphatic rings. The van der Waals surface area contributed by atoms with Gasteiger partial charge in [-0.3, -0.25) is 4.68 Å². The van der Waals surface area contributed by atoms with Crippen LogP contribution in [0, 0.1) is 0 Å². The molecule has 0 atom stereocenters. The highest BCUT2D eigenvalue weighted by atomic mass is 15.3. The largest absolute Gasteiger partial charge is 0.313 e. The smallest absolute Gasteiger partial charge is 0.0534 e. The van der Waals surface area contributed by atoms with Crippen LogP contribution < -0.4 is 5.32 Å². The first kappa shape index (κ1) is 13.2. The Morgan fingerprint density at radius 3 is 2.75 bits per heavy atom. The fraction of sp³-hybridized carbons (Fsp3) is 0.750. The highest BCUT2D eigenvalue weighted by molar-refractivity contribution is 5.03. The molecule has 0 bridgehead atoms. The number of nitrogens with one attached hydrogen (secondary N) is 1. The monoisotopic (exact) mass is 224 g/mol. The summed E-state index contributed by atoms with van der Waals surface area (Å²) >= 11 is 0. The lowest BCUT2D eigenvalue weighted by atomic mass is 10.3. The van der Waals surface area contributed by atoms with Gasteiger partial charge in [0.1, 0.15) is 0 Å². The van der Waals surface area contributed by atoms with Crippen molar-refractivity contribution in [3.05, 3.63) is 18.0 Å². The normalized spacial score (nSPS) is 11.6. The second-order valence-electron chi connectivity index (χ2n) is 4.76. The summed E-state index contributed by atoms with van der Waals surface area (Å²) < 4.78 is 2.00. The molecule has 4 nitrogen and oxygen atoms in total. The molecule has 0 aliphatic carbocycles. The summed E-state index contributed by atoms with van der Waals surface area (Å²) in [6.45, 7) is 7.39. The SMILES string of the molecule is CC(C)n1cc(CNCCCN(C)C)cn1. The van der Waals surface area contributed by atoms with Crippen molar-refractivity contribution in [1.82, 2.24) is 20.0 Å². The first-order valence-electron chi connectivity index (χ1n) is 5.98. The first-order chi connectivity index (χ1) is 7.59. The maximum Gasteiger partial charge on any atom is 0.0534 e. The summed E-state index contributed by atoms with van der Waals surface area (Å²) in [5.74, 6) is 0. The molecule has 0 saturated carbocycles. The van der Waals surface area contributed by atoms with Gasteiger partial charge >= 0.3 is 0 Å². The third-order valence-electron chi connectivity index (χ3n) is 2.47. The fourth-order valence-electron chi connectivity index (χ4n) is 1.50. The summed E-state index contributed by atoms with van der Waals surface area (Å²) in [5, 5.41) is 7.74. The zero-order valence-electron chi connectivity index (χ0n) is 10.9. The van der Waals surface area contributed by atoms with Crippen LogP contribution in [-0.2, 0) is 6.54 Å². The Morgan fingerprint density at radius 1 is 1.44 bits per heavy atom. The van der Waals surface area contributed by atoms with Crippen LogP contribution in [0.4, 0.5) is 0 Å².